The van der Waals surface area contributed by atoms with E-state index >= 15 is 0 Å². The second kappa shape index (κ2) is 7.13. The van der Waals surface area contributed by atoms with Gasteiger partial charge < -0.3 is 15.2 Å². The molecule has 0 heterocycles. The van der Waals surface area contributed by atoms with Crippen molar-refractivity contribution >= 4 is 28.3 Å². The second-order valence-electron chi connectivity index (χ2n) is 4.02. The molecule has 0 radical (unpaired) electrons. The molecule has 0 aliphatic rings. The van der Waals surface area contributed by atoms with E-state index in [-0.39, 0.29) is 18.5 Å². The summed E-state index contributed by atoms with van der Waals surface area (Å²) < 4.78 is 19.0. The number of nitrogens with one attached hydrogen (secondary N) is 1. The van der Waals surface area contributed by atoms with Gasteiger partial charge in [0.25, 0.3) is 0 Å². The number of rotatable bonds is 6. The molecule has 1 aromatic rings. The van der Waals surface area contributed by atoms with Gasteiger partial charge in [-0.05, 0) is 48.6 Å². The van der Waals surface area contributed by atoms with Crippen LogP contribution < -0.4 is 5.32 Å². The Morgan fingerprint density at radius 3 is 2.82 bits per heavy atom. The molecule has 0 saturated carbocycles. The van der Waals surface area contributed by atoms with Crippen LogP contribution in [0.2, 0.25) is 0 Å². The number of aliphatic hydroxyl groups excluding tert-OH is 1. The molecule has 0 spiro atoms. The smallest absolute Gasteiger partial charge is 0.138 e. The number of hydrogen-bond donors (Lipinski definition) is 2. The Balaban J connectivity index is 2.42. The average molecular weight is 353 g/mol. The maximum absolute atomic E-state index is 13.2. The molecule has 0 aromatic heterocycles. The SMILES string of the molecule is CC(C)OCC(O)CNc1cccc(F)c1I. The minimum absolute atomic E-state index is 0.0963. The lowest BCUT2D eigenvalue weighted by atomic mass is 10.3. The summed E-state index contributed by atoms with van der Waals surface area (Å²) in [6.07, 6.45) is -0.504. The monoisotopic (exact) mass is 353 g/mol. The molecule has 0 aliphatic carbocycles. The van der Waals surface area contributed by atoms with E-state index in [1.165, 1.54) is 6.07 Å². The molecule has 17 heavy (non-hydrogen) atoms. The number of hydrogen-bond acceptors (Lipinski definition) is 3. The van der Waals surface area contributed by atoms with Crippen LogP contribution in [0.5, 0.6) is 0 Å². The minimum atomic E-state index is -0.600. The molecule has 2 N–H and O–H groups in total. The first kappa shape index (κ1) is 14.7. The van der Waals surface area contributed by atoms with E-state index < -0.39 is 6.10 Å². The van der Waals surface area contributed by atoms with Gasteiger partial charge in [-0.2, -0.15) is 0 Å². The molecule has 0 saturated heterocycles. The zero-order valence-corrected chi connectivity index (χ0v) is 12.1. The highest BCUT2D eigenvalue weighted by atomic mass is 127. The molecule has 5 heteroatoms. The lowest BCUT2D eigenvalue weighted by Gasteiger charge is -2.15. The van der Waals surface area contributed by atoms with Crippen molar-refractivity contribution in [3.8, 4) is 0 Å². The van der Waals surface area contributed by atoms with Crippen LogP contribution in [0.15, 0.2) is 18.2 Å². The lowest BCUT2D eigenvalue weighted by molar-refractivity contribution is 0.0112. The van der Waals surface area contributed by atoms with Gasteiger partial charge in [0.15, 0.2) is 0 Å². The summed E-state index contributed by atoms with van der Waals surface area (Å²) in [5.74, 6) is -0.261. The van der Waals surface area contributed by atoms with Crippen molar-refractivity contribution in [1.82, 2.24) is 0 Å². The second-order valence-corrected chi connectivity index (χ2v) is 5.10. The Kier molecular flexibility index (Phi) is 6.15. The van der Waals surface area contributed by atoms with Crippen LogP contribution in [0.4, 0.5) is 10.1 Å². The fraction of sp³-hybridized carbons (Fsp3) is 0.500. The summed E-state index contributed by atoms with van der Waals surface area (Å²) in [6.45, 7) is 4.44. The Labute approximate surface area is 115 Å². The van der Waals surface area contributed by atoms with Gasteiger partial charge in [-0.15, -0.1) is 0 Å². The van der Waals surface area contributed by atoms with Gasteiger partial charge in [-0.25, -0.2) is 4.39 Å². The van der Waals surface area contributed by atoms with Crippen molar-refractivity contribution in [2.24, 2.45) is 0 Å². The van der Waals surface area contributed by atoms with Gasteiger partial charge in [-0.1, -0.05) is 6.07 Å². The van der Waals surface area contributed by atoms with Crippen LogP contribution in [0.1, 0.15) is 13.8 Å². The number of halogens is 2. The third-order valence-corrected chi connectivity index (χ3v) is 3.20. The van der Waals surface area contributed by atoms with Crippen LogP contribution in [0.3, 0.4) is 0 Å². The van der Waals surface area contributed by atoms with Crippen molar-refractivity contribution in [2.45, 2.75) is 26.1 Å². The van der Waals surface area contributed by atoms with Gasteiger partial charge in [0.2, 0.25) is 0 Å². The van der Waals surface area contributed by atoms with Crippen LogP contribution in [-0.4, -0.2) is 30.5 Å². The molecule has 1 unspecified atom stereocenters. The summed E-state index contributed by atoms with van der Waals surface area (Å²) in [4.78, 5) is 0. The standard InChI is InChI=1S/C12H17FINO2/c1-8(2)17-7-9(16)6-15-11-5-3-4-10(13)12(11)14/h3-5,8-9,15-16H,6-7H2,1-2H3. The largest absolute Gasteiger partial charge is 0.389 e. The van der Waals surface area contributed by atoms with Crippen molar-refractivity contribution < 1.29 is 14.2 Å². The molecule has 1 aromatic carbocycles. The zero-order valence-electron chi connectivity index (χ0n) is 9.91. The van der Waals surface area contributed by atoms with Crippen molar-refractivity contribution in [3.63, 3.8) is 0 Å². The summed E-state index contributed by atoms with van der Waals surface area (Å²) in [7, 11) is 0. The Hall–Kier alpha value is -0.400. The molecule has 0 fully saturated rings. The maximum Gasteiger partial charge on any atom is 0.138 e. The lowest BCUT2D eigenvalue weighted by Crippen LogP contribution is -2.26. The van der Waals surface area contributed by atoms with Gasteiger partial charge in [0, 0.05) is 6.54 Å². The van der Waals surface area contributed by atoms with Crippen LogP contribution >= 0.6 is 22.6 Å². The van der Waals surface area contributed by atoms with Gasteiger partial charge >= 0.3 is 0 Å². The summed E-state index contributed by atoms with van der Waals surface area (Å²) in [6, 6.07) is 4.82. The number of ether oxygens (including phenoxy) is 1. The first-order valence-electron chi connectivity index (χ1n) is 5.48. The molecule has 3 nitrogen and oxygen atoms in total. The quantitative estimate of drug-likeness (QED) is 0.773. The molecule has 1 atom stereocenters. The van der Waals surface area contributed by atoms with E-state index in [1.807, 2.05) is 36.4 Å². The zero-order chi connectivity index (χ0) is 12.8. The first-order valence-corrected chi connectivity index (χ1v) is 6.56. The van der Waals surface area contributed by atoms with Crippen molar-refractivity contribution in [2.75, 3.05) is 18.5 Å². The first-order chi connectivity index (χ1) is 8.00. The van der Waals surface area contributed by atoms with Crippen LogP contribution in [0, 0.1) is 9.39 Å². The summed E-state index contributed by atoms with van der Waals surface area (Å²) in [5, 5.41) is 12.6. The molecule has 0 bridgehead atoms. The van der Waals surface area contributed by atoms with Gasteiger partial charge in [-0.3, -0.25) is 0 Å². The fourth-order valence-corrected chi connectivity index (χ4v) is 1.78. The van der Waals surface area contributed by atoms with Gasteiger partial charge in [0.1, 0.15) is 5.82 Å². The van der Waals surface area contributed by atoms with E-state index in [2.05, 4.69) is 5.32 Å². The number of aliphatic hydroxyl groups is 1. The highest BCUT2D eigenvalue weighted by Crippen LogP contribution is 2.20. The molecular formula is C12H17FINO2. The Morgan fingerprint density at radius 2 is 2.18 bits per heavy atom. The summed E-state index contributed by atoms with van der Waals surface area (Å²) >= 11 is 1.93. The highest BCUT2D eigenvalue weighted by Gasteiger charge is 2.08. The van der Waals surface area contributed by atoms with E-state index in [0.29, 0.717) is 15.8 Å². The third kappa shape index (κ3) is 5.18. The number of benzene rings is 1. The third-order valence-electron chi connectivity index (χ3n) is 2.10. The molecule has 0 aliphatic heterocycles. The van der Waals surface area contributed by atoms with Crippen molar-refractivity contribution in [3.05, 3.63) is 27.6 Å². The van der Waals surface area contributed by atoms with Crippen molar-refractivity contribution in [1.29, 1.82) is 0 Å². The maximum atomic E-state index is 13.2. The fourth-order valence-electron chi connectivity index (χ4n) is 1.23. The molecule has 96 valence electrons. The topological polar surface area (TPSA) is 41.5 Å². The van der Waals surface area contributed by atoms with E-state index in [1.54, 1.807) is 12.1 Å². The molecular weight excluding hydrogens is 336 g/mol. The van der Waals surface area contributed by atoms with E-state index in [9.17, 15) is 9.50 Å². The predicted octanol–water partition coefficient (Wildman–Crippen LogP) is 2.63. The van der Waals surface area contributed by atoms with Crippen LogP contribution in [-0.2, 0) is 4.74 Å². The average Bonchev–Trinajstić information content (AvgIpc) is 2.28. The van der Waals surface area contributed by atoms with Gasteiger partial charge in [0.05, 0.1) is 28.1 Å². The minimum Gasteiger partial charge on any atom is -0.389 e. The Bertz CT molecular complexity index is 360. The summed E-state index contributed by atoms with van der Waals surface area (Å²) in [5.41, 5.74) is 0.689. The number of anilines is 1. The molecule has 1 rings (SSSR count). The normalized spacial score (nSPS) is 12.8. The molecule has 0 amide bonds. The Morgan fingerprint density at radius 1 is 1.47 bits per heavy atom. The highest BCUT2D eigenvalue weighted by molar-refractivity contribution is 14.1. The predicted molar refractivity (Wildman–Crippen MR) is 74.7 cm³/mol. The van der Waals surface area contributed by atoms with E-state index in [0.717, 1.165) is 0 Å². The van der Waals surface area contributed by atoms with Crippen LogP contribution in [0.25, 0.3) is 0 Å². The van der Waals surface area contributed by atoms with E-state index in [4.69, 9.17) is 4.74 Å².